The molecule has 25 heavy (non-hydrogen) atoms. The van der Waals surface area contributed by atoms with Crippen LogP contribution in [0.1, 0.15) is 6.92 Å². The highest BCUT2D eigenvalue weighted by atomic mass is 35.5. The van der Waals surface area contributed by atoms with Crippen LogP contribution in [0.5, 0.6) is 5.75 Å². The third-order valence-electron chi connectivity index (χ3n) is 3.21. The molecule has 2 aromatic carbocycles. The molecule has 0 bridgehead atoms. The second kappa shape index (κ2) is 7.95. The van der Waals surface area contributed by atoms with Crippen LogP contribution in [0.25, 0.3) is 0 Å². The average molecular weight is 403 g/mol. The van der Waals surface area contributed by atoms with Crippen LogP contribution in [0.2, 0.25) is 10.0 Å². The minimum Gasteiger partial charge on any atom is -0.494 e. The van der Waals surface area contributed by atoms with Gasteiger partial charge in [-0.3, -0.25) is 9.10 Å². The zero-order valence-corrected chi connectivity index (χ0v) is 15.6. The topological polar surface area (TPSA) is 89.7 Å². The van der Waals surface area contributed by atoms with Gasteiger partial charge in [0.25, 0.3) is 10.0 Å². The van der Waals surface area contributed by atoms with Crippen LogP contribution in [-0.4, -0.2) is 27.5 Å². The lowest BCUT2D eigenvalue weighted by Crippen LogP contribution is -2.38. The van der Waals surface area contributed by atoms with Crippen LogP contribution in [0.3, 0.4) is 0 Å². The molecule has 2 rings (SSSR count). The van der Waals surface area contributed by atoms with Crippen molar-refractivity contribution in [3.05, 3.63) is 52.5 Å². The van der Waals surface area contributed by atoms with Gasteiger partial charge in [0.15, 0.2) is 0 Å². The van der Waals surface area contributed by atoms with E-state index in [0.717, 1.165) is 4.31 Å². The lowest BCUT2D eigenvalue weighted by Gasteiger charge is -2.23. The van der Waals surface area contributed by atoms with E-state index in [-0.39, 0.29) is 20.6 Å². The van der Waals surface area contributed by atoms with Crippen molar-refractivity contribution in [3.63, 3.8) is 0 Å². The van der Waals surface area contributed by atoms with E-state index in [4.69, 9.17) is 33.7 Å². The molecule has 134 valence electrons. The molecular weight excluding hydrogens is 387 g/mol. The Morgan fingerprint density at radius 3 is 2.28 bits per heavy atom. The van der Waals surface area contributed by atoms with Gasteiger partial charge in [0.2, 0.25) is 5.91 Å². The SMILES string of the molecule is CCOc1ccc(N(CC(N)=O)S(=O)(=O)c2ccc(Cl)c(Cl)c2)cc1. The number of carbonyl (C=O) groups is 1. The van der Waals surface area contributed by atoms with E-state index in [9.17, 15) is 13.2 Å². The van der Waals surface area contributed by atoms with E-state index in [1.54, 1.807) is 12.1 Å². The maximum absolute atomic E-state index is 12.9. The number of hydrogen-bond donors (Lipinski definition) is 1. The third kappa shape index (κ3) is 4.56. The van der Waals surface area contributed by atoms with Gasteiger partial charge in [0.05, 0.1) is 27.2 Å². The Balaban J connectivity index is 2.48. The van der Waals surface area contributed by atoms with Crippen molar-refractivity contribution >= 4 is 44.8 Å². The molecule has 9 heteroatoms. The van der Waals surface area contributed by atoms with E-state index in [0.29, 0.717) is 12.4 Å². The van der Waals surface area contributed by atoms with Gasteiger partial charge >= 0.3 is 0 Å². The summed E-state index contributed by atoms with van der Waals surface area (Å²) < 4.78 is 32.1. The van der Waals surface area contributed by atoms with Crippen LogP contribution in [0, 0.1) is 0 Å². The van der Waals surface area contributed by atoms with Gasteiger partial charge in [0.1, 0.15) is 12.3 Å². The Bertz CT molecular complexity index is 870. The Labute approximate surface area is 156 Å². The fourth-order valence-corrected chi connectivity index (χ4v) is 3.92. The molecule has 6 nitrogen and oxygen atoms in total. The first-order valence-corrected chi connectivity index (χ1v) is 9.44. The Hall–Kier alpha value is -1.96. The van der Waals surface area contributed by atoms with Crippen LogP contribution in [-0.2, 0) is 14.8 Å². The first-order valence-electron chi connectivity index (χ1n) is 7.24. The molecule has 2 aromatic rings. The molecule has 0 fully saturated rings. The summed E-state index contributed by atoms with van der Waals surface area (Å²) in [5.74, 6) is -0.213. The van der Waals surface area contributed by atoms with E-state index in [1.165, 1.54) is 30.3 Å². The quantitative estimate of drug-likeness (QED) is 0.770. The lowest BCUT2D eigenvalue weighted by molar-refractivity contribution is -0.116. The number of sulfonamides is 1. The number of amides is 1. The summed E-state index contributed by atoms with van der Waals surface area (Å²) in [6, 6.07) is 10.2. The molecule has 0 unspecified atom stereocenters. The van der Waals surface area contributed by atoms with Gasteiger partial charge < -0.3 is 10.5 Å². The maximum atomic E-state index is 12.9. The standard InChI is InChI=1S/C16H16Cl2N2O4S/c1-2-24-12-5-3-11(4-6-12)20(10-16(19)21)25(22,23)13-7-8-14(17)15(18)9-13/h3-9H,2,10H2,1H3,(H2,19,21). The number of nitrogens with two attached hydrogens (primary N) is 1. The van der Waals surface area contributed by atoms with Crippen molar-refractivity contribution in [2.45, 2.75) is 11.8 Å². The van der Waals surface area contributed by atoms with Gasteiger partial charge in [-0.15, -0.1) is 0 Å². The second-order valence-electron chi connectivity index (χ2n) is 4.98. The fraction of sp³-hybridized carbons (Fsp3) is 0.188. The molecule has 0 radical (unpaired) electrons. The van der Waals surface area contributed by atoms with Crippen LogP contribution in [0.15, 0.2) is 47.4 Å². The molecule has 2 N–H and O–H groups in total. The first-order chi connectivity index (χ1) is 11.8. The van der Waals surface area contributed by atoms with Crippen molar-refractivity contribution in [2.75, 3.05) is 17.5 Å². The molecule has 0 aromatic heterocycles. The normalized spacial score (nSPS) is 11.2. The van der Waals surface area contributed by atoms with Crippen molar-refractivity contribution in [3.8, 4) is 5.75 Å². The molecule has 1 amide bonds. The monoisotopic (exact) mass is 402 g/mol. The number of anilines is 1. The van der Waals surface area contributed by atoms with E-state index in [1.807, 2.05) is 6.92 Å². The molecule has 0 saturated heterocycles. The van der Waals surface area contributed by atoms with E-state index >= 15 is 0 Å². The van der Waals surface area contributed by atoms with E-state index < -0.39 is 22.5 Å². The van der Waals surface area contributed by atoms with Crippen LogP contribution < -0.4 is 14.8 Å². The van der Waals surface area contributed by atoms with Crippen LogP contribution in [0.4, 0.5) is 5.69 Å². The lowest BCUT2D eigenvalue weighted by atomic mass is 10.3. The van der Waals surface area contributed by atoms with Crippen molar-refractivity contribution in [1.82, 2.24) is 0 Å². The average Bonchev–Trinajstić information content (AvgIpc) is 2.56. The highest BCUT2D eigenvalue weighted by molar-refractivity contribution is 7.92. The van der Waals surface area contributed by atoms with Crippen molar-refractivity contribution in [2.24, 2.45) is 5.73 Å². The van der Waals surface area contributed by atoms with Crippen molar-refractivity contribution in [1.29, 1.82) is 0 Å². The smallest absolute Gasteiger partial charge is 0.264 e. The number of primary amides is 1. The zero-order valence-electron chi connectivity index (χ0n) is 13.3. The molecule has 0 atom stereocenters. The Morgan fingerprint density at radius 1 is 1.12 bits per heavy atom. The fourth-order valence-electron chi connectivity index (χ4n) is 2.10. The highest BCUT2D eigenvalue weighted by Gasteiger charge is 2.27. The van der Waals surface area contributed by atoms with Gasteiger partial charge in [-0.1, -0.05) is 23.2 Å². The largest absolute Gasteiger partial charge is 0.494 e. The minimum atomic E-state index is -4.06. The van der Waals surface area contributed by atoms with Crippen LogP contribution >= 0.6 is 23.2 Å². The van der Waals surface area contributed by atoms with E-state index in [2.05, 4.69) is 0 Å². The highest BCUT2D eigenvalue weighted by Crippen LogP contribution is 2.29. The first kappa shape index (κ1) is 19.4. The van der Waals surface area contributed by atoms with Gasteiger partial charge in [-0.25, -0.2) is 8.42 Å². The van der Waals surface area contributed by atoms with Gasteiger partial charge in [0, 0.05) is 0 Å². The second-order valence-corrected chi connectivity index (χ2v) is 7.66. The van der Waals surface area contributed by atoms with Gasteiger partial charge in [-0.2, -0.15) is 0 Å². The summed E-state index contributed by atoms with van der Waals surface area (Å²) >= 11 is 11.7. The summed E-state index contributed by atoms with van der Waals surface area (Å²) in [6.07, 6.45) is 0. The predicted molar refractivity (Wildman–Crippen MR) is 97.8 cm³/mol. The zero-order chi connectivity index (χ0) is 18.6. The Morgan fingerprint density at radius 2 is 1.76 bits per heavy atom. The summed E-state index contributed by atoms with van der Waals surface area (Å²) in [6.45, 7) is 1.80. The molecular formula is C16H16Cl2N2O4S. The molecule has 0 saturated carbocycles. The molecule has 0 aliphatic rings. The summed E-state index contributed by atoms with van der Waals surface area (Å²) in [5, 5.41) is 0.316. The molecule has 0 aliphatic carbocycles. The Kier molecular flexibility index (Phi) is 6.16. The number of carbonyl (C=O) groups excluding carboxylic acids is 1. The number of nitrogens with zero attached hydrogens (tertiary/aromatic N) is 1. The number of hydrogen-bond acceptors (Lipinski definition) is 4. The number of rotatable bonds is 7. The van der Waals surface area contributed by atoms with Gasteiger partial charge in [-0.05, 0) is 49.4 Å². The summed E-state index contributed by atoms with van der Waals surface area (Å²) in [5.41, 5.74) is 5.49. The molecule has 0 heterocycles. The number of halogens is 2. The minimum absolute atomic E-state index is 0.0912. The summed E-state index contributed by atoms with van der Waals surface area (Å²) in [7, 11) is -4.06. The number of benzene rings is 2. The molecule has 0 aliphatic heterocycles. The predicted octanol–water partition coefficient (Wildman–Crippen LogP) is 3.07. The summed E-state index contributed by atoms with van der Waals surface area (Å²) in [4.78, 5) is 11.3. The van der Waals surface area contributed by atoms with Crippen molar-refractivity contribution < 1.29 is 17.9 Å². The molecule has 0 spiro atoms. The maximum Gasteiger partial charge on any atom is 0.264 e. The number of ether oxygens (including phenoxy) is 1. The third-order valence-corrected chi connectivity index (χ3v) is 5.72.